The first kappa shape index (κ1) is 16.0. The standard InChI is InChI=1S/C12H15F2O4P/c1-3-17-19(16,18-4-2)12(13,14)11-7-5-10(9-15)6-8-11/h5-9H,3-4H2,1-2H3. The lowest BCUT2D eigenvalue weighted by Crippen LogP contribution is -2.18. The van der Waals surface area contributed by atoms with Gasteiger partial charge in [0.15, 0.2) is 0 Å². The fourth-order valence-corrected chi connectivity index (χ4v) is 3.00. The van der Waals surface area contributed by atoms with Gasteiger partial charge in [-0.3, -0.25) is 9.36 Å². The molecule has 0 aromatic heterocycles. The SMILES string of the molecule is CCOP(=O)(OCC)C(F)(F)c1ccc(C=O)cc1. The van der Waals surface area contributed by atoms with Gasteiger partial charge in [0.2, 0.25) is 0 Å². The third-order valence-corrected chi connectivity index (χ3v) is 4.48. The summed E-state index contributed by atoms with van der Waals surface area (Å²) in [5, 5.41) is 0. The molecule has 0 amide bonds. The second-order valence-corrected chi connectivity index (χ2v) is 5.69. The lowest BCUT2D eigenvalue weighted by molar-refractivity contribution is 0.0360. The maximum absolute atomic E-state index is 14.2. The van der Waals surface area contributed by atoms with Crippen LogP contribution in [-0.4, -0.2) is 19.5 Å². The Morgan fingerprint density at radius 3 is 2.00 bits per heavy atom. The van der Waals surface area contributed by atoms with Gasteiger partial charge < -0.3 is 9.05 Å². The first-order valence-corrected chi connectivity index (χ1v) is 7.28. The third-order valence-electron chi connectivity index (χ3n) is 2.34. The molecule has 0 spiro atoms. The van der Waals surface area contributed by atoms with Crippen LogP contribution in [0.3, 0.4) is 0 Å². The zero-order chi connectivity index (χ0) is 14.5. The minimum Gasteiger partial charge on any atom is -0.304 e. The Bertz CT molecular complexity index is 463. The van der Waals surface area contributed by atoms with E-state index >= 15 is 0 Å². The molecule has 0 aliphatic rings. The predicted molar refractivity (Wildman–Crippen MR) is 66.6 cm³/mol. The fraction of sp³-hybridized carbons (Fsp3) is 0.417. The minimum absolute atomic E-state index is 0.153. The van der Waals surface area contributed by atoms with Crippen molar-refractivity contribution in [3.63, 3.8) is 0 Å². The molecule has 0 aliphatic carbocycles. The quantitative estimate of drug-likeness (QED) is 0.566. The molecule has 1 aromatic carbocycles. The molecule has 0 atom stereocenters. The van der Waals surface area contributed by atoms with E-state index in [-0.39, 0.29) is 18.8 Å². The number of aldehydes is 1. The average molecular weight is 292 g/mol. The molecule has 0 saturated heterocycles. The molecule has 7 heteroatoms. The molecule has 0 radical (unpaired) electrons. The molecule has 0 N–H and O–H groups in total. The molecule has 1 aromatic rings. The number of hydrogen-bond acceptors (Lipinski definition) is 4. The van der Waals surface area contributed by atoms with Crippen molar-refractivity contribution in [3.05, 3.63) is 35.4 Å². The van der Waals surface area contributed by atoms with Crippen LogP contribution in [0.4, 0.5) is 8.78 Å². The monoisotopic (exact) mass is 292 g/mol. The molecule has 0 bridgehead atoms. The Morgan fingerprint density at radius 2 is 1.63 bits per heavy atom. The van der Waals surface area contributed by atoms with Crippen molar-refractivity contribution in [2.75, 3.05) is 13.2 Å². The van der Waals surface area contributed by atoms with Crippen molar-refractivity contribution in [2.24, 2.45) is 0 Å². The number of carbonyl (C=O) groups excluding carboxylic acids is 1. The highest BCUT2D eigenvalue weighted by Gasteiger charge is 2.54. The van der Waals surface area contributed by atoms with E-state index in [9.17, 15) is 18.1 Å². The van der Waals surface area contributed by atoms with Crippen LogP contribution in [-0.2, 0) is 19.3 Å². The minimum atomic E-state index is -4.59. The number of hydrogen-bond donors (Lipinski definition) is 0. The Labute approximate surface area is 110 Å². The number of halogens is 2. The van der Waals surface area contributed by atoms with Gasteiger partial charge in [-0.05, 0) is 13.8 Å². The van der Waals surface area contributed by atoms with Crippen LogP contribution in [0.5, 0.6) is 0 Å². The number of rotatable bonds is 7. The lowest BCUT2D eigenvalue weighted by Gasteiger charge is -2.25. The maximum Gasteiger partial charge on any atom is 0.404 e. The summed E-state index contributed by atoms with van der Waals surface area (Å²) >= 11 is 0. The normalized spacial score (nSPS) is 12.4. The van der Waals surface area contributed by atoms with Crippen molar-refractivity contribution in [1.29, 1.82) is 0 Å². The van der Waals surface area contributed by atoms with Gasteiger partial charge in [-0.25, -0.2) is 0 Å². The summed E-state index contributed by atoms with van der Waals surface area (Å²) in [5.41, 5.74) is -4.02. The van der Waals surface area contributed by atoms with E-state index < -0.39 is 18.8 Å². The highest BCUT2D eigenvalue weighted by Crippen LogP contribution is 2.66. The van der Waals surface area contributed by atoms with Crippen LogP contribution in [0.2, 0.25) is 0 Å². The van der Waals surface area contributed by atoms with Gasteiger partial charge in [0, 0.05) is 11.1 Å². The fourth-order valence-electron chi connectivity index (χ4n) is 1.46. The molecule has 0 saturated carbocycles. The molecule has 4 nitrogen and oxygen atoms in total. The summed E-state index contributed by atoms with van der Waals surface area (Å²) in [6.45, 7) is 2.60. The van der Waals surface area contributed by atoms with Crippen LogP contribution >= 0.6 is 7.60 Å². The van der Waals surface area contributed by atoms with E-state index in [0.29, 0.717) is 6.29 Å². The molecule has 0 aliphatic heterocycles. The van der Waals surface area contributed by atoms with Gasteiger partial charge in [0.05, 0.1) is 13.2 Å². The van der Waals surface area contributed by atoms with E-state index in [2.05, 4.69) is 9.05 Å². The number of carbonyl (C=O) groups is 1. The van der Waals surface area contributed by atoms with E-state index in [4.69, 9.17) is 0 Å². The molecule has 0 fully saturated rings. The molecule has 106 valence electrons. The molecule has 0 unspecified atom stereocenters. The van der Waals surface area contributed by atoms with Gasteiger partial charge in [-0.1, -0.05) is 24.3 Å². The largest absolute Gasteiger partial charge is 0.404 e. The Hall–Kier alpha value is -1.10. The van der Waals surface area contributed by atoms with Crippen molar-refractivity contribution in [2.45, 2.75) is 19.5 Å². The van der Waals surface area contributed by atoms with E-state index in [0.717, 1.165) is 12.1 Å². The number of alkyl halides is 2. The Balaban J connectivity index is 3.17. The maximum atomic E-state index is 14.2. The predicted octanol–water partition coefficient (Wildman–Crippen LogP) is 3.81. The highest BCUT2D eigenvalue weighted by molar-refractivity contribution is 7.54. The second kappa shape index (κ2) is 6.37. The topological polar surface area (TPSA) is 52.6 Å². The summed E-state index contributed by atoms with van der Waals surface area (Å²) in [5.74, 6) is 0. The summed E-state index contributed by atoms with van der Waals surface area (Å²) in [6, 6.07) is 4.51. The summed E-state index contributed by atoms with van der Waals surface area (Å²) in [6.07, 6.45) is 0.534. The Kier molecular flexibility index (Phi) is 5.35. The molecule has 1 rings (SSSR count). The van der Waals surface area contributed by atoms with Crippen molar-refractivity contribution in [3.8, 4) is 0 Å². The zero-order valence-corrected chi connectivity index (χ0v) is 11.5. The molecule has 19 heavy (non-hydrogen) atoms. The van der Waals surface area contributed by atoms with Crippen LogP contribution in [0, 0.1) is 0 Å². The van der Waals surface area contributed by atoms with Gasteiger partial charge in [-0.2, -0.15) is 8.78 Å². The first-order valence-electron chi connectivity index (χ1n) is 5.74. The summed E-state index contributed by atoms with van der Waals surface area (Å²) in [4.78, 5) is 10.5. The van der Waals surface area contributed by atoms with E-state index in [1.54, 1.807) is 0 Å². The summed E-state index contributed by atoms with van der Waals surface area (Å²) < 4.78 is 49.9. The van der Waals surface area contributed by atoms with Gasteiger partial charge in [-0.15, -0.1) is 0 Å². The highest BCUT2D eigenvalue weighted by atomic mass is 31.2. The van der Waals surface area contributed by atoms with Crippen molar-refractivity contribution < 1.29 is 27.2 Å². The van der Waals surface area contributed by atoms with Gasteiger partial charge in [0.25, 0.3) is 0 Å². The van der Waals surface area contributed by atoms with Crippen LogP contribution in [0.25, 0.3) is 0 Å². The molecule has 0 heterocycles. The Morgan fingerprint density at radius 1 is 1.16 bits per heavy atom. The van der Waals surface area contributed by atoms with Gasteiger partial charge >= 0.3 is 13.3 Å². The molecular formula is C12H15F2O4P. The lowest BCUT2D eigenvalue weighted by atomic mass is 10.1. The molecular weight excluding hydrogens is 277 g/mol. The van der Waals surface area contributed by atoms with Gasteiger partial charge in [0.1, 0.15) is 6.29 Å². The zero-order valence-electron chi connectivity index (χ0n) is 10.6. The van der Waals surface area contributed by atoms with E-state index in [1.807, 2.05) is 0 Å². The first-order chi connectivity index (χ1) is 8.91. The smallest absolute Gasteiger partial charge is 0.304 e. The number of benzene rings is 1. The second-order valence-electron chi connectivity index (χ2n) is 3.61. The van der Waals surface area contributed by atoms with Crippen LogP contribution < -0.4 is 0 Å². The third kappa shape index (κ3) is 3.26. The van der Waals surface area contributed by atoms with Crippen LogP contribution in [0.1, 0.15) is 29.8 Å². The van der Waals surface area contributed by atoms with Crippen LogP contribution in [0.15, 0.2) is 24.3 Å². The van der Waals surface area contributed by atoms with E-state index in [1.165, 1.54) is 26.0 Å². The van der Waals surface area contributed by atoms with Crippen molar-refractivity contribution in [1.82, 2.24) is 0 Å². The average Bonchev–Trinajstić information content (AvgIpc) is 2.39. The summed E-state index contributed by atoms with van der Waals surface area (Å²) in [7, 11) is -4.59. The van der Waals surface area contributed by atoms with Crippen molar-refractivity contribution >= 4 is 13.9 Å².